The Labute approximate surface area is 228 Å². The second kappa shape index (κ2) is 8.39. The topological polar surface area (TPSA) is 114 Å². The quantitative estimate of drug-likeness (QED) is 0.262. The van der Waals surface area contributed by atoms with Crippen molar-refractivity contribution in [2.24, 2.45) is 5.92 Å². The number of rotatable bonds is 4. The number of nitrogens with zero attached hydrogens (tertiary/aromatic N) is 2. The molecule has 3 aromatic rings. The number of aliphatic hydroxyl groups excluding tert-OH is 1. The third kappa shape index (κ3) is 3.41. The number of pyridine rings is 2. The van der Waals surface area contributed by atoms with E-state index in [4.69, 9.17) is 21.9 Å². The smallest absolute Gasteiger partial charge is 0.343 e. The van der Waals surface area contributed by atoms with Crippen molar-refractivity contribution in [2.75, 3.05) is 0 Å². The molecule has 202 valence electrons. The minimum Gasteiger partial charge on any atom is -0.458 e. The average molecular weight is 550 g/mol. The Kier molecular flexibility index (Phi) is 5.34. The first-order valence-electron chi connectivity index (χ1n) is 13.4. The molecule has 0 radical (unpaired) electrons. The molecule has 1 amide bonds. The molecule has 2 unspecified atom stereocenters. The molecule has 1 aromatic carbocycles. The van der Waals surface area contributed by atoms with E-state index in [1.807, 2.05) is 4.57 Å². The van der Waals surface area contributed by atoms with Crippen molar-refractivity contribution >= 4 is 35.0 Å². The minimum absolute atomic E-state index is 0.00321. The molecule has 4 aliphatic rings. The third-order valence-corrected chi connectivity index (χ3v) is 9.50. The fourth-order valence-corrected chi connectivity index (χ4v) is 6.91. The summed E-state index contributed by atoms with van der Waals surface area (Å²) >= 11 is 5.85. The molecule has 0 spiro atoms. The van der Waals surface area contributed by atoms with Crippen molar-refractivity contribution in [3.8, 4) is 11.4 Å². The molecule has 4 heterocycles. The zero-order valence-corrected chi connectivity index (χ0v) is 22.5. The van der Waals surface area contributed by atoms with E-state index < -0.39 is 29.6 Å². The highest BCUT2D eigenvalue weighted by Gasteiger charge is 2.45. The summed E-state index contributed by atoms with van der Waals surface area (Å²) in [6.07, 6.45) is 1.87. The predicted octanol–water partition coefficient (Wildman–Crippen LogP) is 3.77. The number of halogens is 1. The number of aromatic nitrogens is 2. The first-order chi connectivity index (χ1) is 18.6. The number of hydrogen-bond acceptors (Lipinski definition) is 7. The van der Waals surface area contributed by atoms with Crippen LogP contribution >= 0.6 is 12.2 Å². The van der Waals surface area contributed by atoms with Crippen LogP contribution in [-0.2, 0) is 39.5 Å². The summed E-state index contributed by atoms with van der Waals surface area (Å²) in [5, 5.41) is 25.7. The maximum Gasteiger partial charge on any atom is 0.343 e. The monoisotopic (exact) mass is 549 g/mol. The van der Waals surface area contributed by atoms with E-state index in [-0.39, 0.29) is 24.8 Å². The molecule has 3 atom stereocenters. The number of hydrogen-bond donors (Lipinski definition) is 3. The van der Waals surface area contributed by atoms with Crippen LogP contribution in [0.5, 0.6) is 0 Å². The highest BCUT2D eigenvalue weighted by molar-refractivity contribution is 7.71. The molecule has 2 aromatic heterocycles. The van der Waals surface area contributed by atoms with E-state index in [2.05, 4.69) is 5.32 Å². The van der Waals surface area contributed by atoms with Crippen LogP contribution in [0, 0.1) is 23.3 Å². The van der Waals surface area contributed by atoms with Gasteiger partial charge in [-0.25, -0.2) is 14.2 Å². The Morgan fingerprint density at radius 2 is 2.08 bits per heavy atom. The molecular weight excluding hydrogens is 521 g/mol. The van der Waals surface area contributed by atoms with E-state index in [1.54, 1.807) is 19.9 Å². The molecule has 1 saturated carbocycles. The van der Waals surface area contributed by atoms with Gasteiger partial charge in [-0.15, -0.1) is 0 Å². The van der Waals surface area contributed by atoms with Gasteiger partial charge < -0.3 is 24.8 Å². The normalized spacial score (nSPS) is 23.6. The Balaban J connectivity index is 1.46. The van der Waals surface area contributed by atoms with Gasteiger partial charge in [-0.1, -0.05) is 19.1 Å². The van der Waals surface area contributed by atoms with Gasteiger partial charge in [0.25, 0.3) is 0 Å². The number of esters is 1. The van der Waals surface area contributed by atoms with Crippen molar-refractivity contribution < 1.29 is 28.9 Å². The molecule has 8 nitrogen and oxygen atoms in total. The molecule has 39 heavy (non-hydrogen) atoms. The van der Waals surface area contributed by atoms with Gasteiger partial charge >= 0.3 is 5.97 Å². The predicted molar refractivity (Wildman–Crippen MR) is 142 cm³/mol. The van der Waals surface area contributed by atoms with Gasteiger partial charge in [-0.3, -0.25) is 4.79 Å². The number of cyclic esters (lactones) is 1. The lowest BCUT2D eigenvalue weighted by Gasteiger charge is -2.32. The molecular formula is C29H28FN3O5S. The first-order valence-corrected chi connectivity index (χ1v) is 13.8. The van der Waals surface area contributed by atoms with E-state index >= 15 is 4.39 Å². The zero-order chi connectivity index (χ0) is 27.4. The second-order valence-corrected chi connectivity index (χ2v) is 11.6. The van der Waals surface area contributed by atoms with Crippen molar-refractivity contribution in [3.05, 3.63) is 56.0 Å². The number of aryl methyl sites for hydroxylation is 1. The van der Waals surface area contributed by atoms with Crippen LogP contribution in [0.15, 0.2) is 12.1 Å². The van der Waals surface area contributed by atoms with Gasteiger partial charge in [0.05, 0.1) is 29.5 Å². The minimum atomic E-state index is -1.82. The molecule has 0 saturated heterocycles. The van der Waals surface area contributed by atoms with Crippen LogP contribution in [0.1, 0.15) is 72.0 Å². The Morgan fingerprint density at radius 1 is 1.31 bits per heavy atom. The number of amides is 1. The SMILES string of the molecule is CC[C@@]1(O)C(=O)OCc2c1cc1n(c2=S)Cc2c-1nc1cc(F)c(C)c3c1c2C(NC(=O)C(O)C1CC1)CC3. The lowest BCUT2D eigenvalue weighted by Crippen LogP contribution is -2.41. The van der Waals surface area contributed by atoms with Crippen molar-refractivity contribution in [1.29, 1.82) is 0 Å². The Morgan fingerprint density at radius 3 is 2.79 bits per heavy atom. The van der Waals surface area contributed by atoms with Gasteiger partial charge in [0.2, 0.25) is 5.91 Å². The summed E-state index contributed by atoms with van der Waals surface area (Å²) in [6, 6.07) is 2.79. The van der Waals surface area contributed by atoms with E-state index in [9.17, 15) is 19.8 Å². The number of carbonyl (C=O) groups excluding carboxylic acids is 2. The fraction of sp³-hybridized carbons (Fsp3) is 0.448. The van der Waals surface area contributed by atoms with Crippen LogP contribution in [0.25, 0.3) is 22.3 Å². The molecule has 2 aliphatic heterocycles. The van der Waals surface area contributed by atoms with Crippen LogP contribution in [0.3, 0.4) is 0 Å². The number of nitrogens with one attached hydrogen (secondary N) is 1. The third-order valence-electron chi connectivity index (χ3n) is 9.03. The van der Waals surface area contributed by atoms with E-state index in [0.29, 0.717) is 57.6 Å². The first kappa shape index (κ1) is 24.8. The van der Waals surface area contributed by atoms with Crippen LogP contribution in [0.4, 0.5) is 4.39 Å². The largest absolute Gasteiger partial charge is 0.458 e. The number of ether oxygens (including phenoxy) is 1. The van der Waals surface area contributed by atoms with Gasteiger partial charge in [0, 0.05) is 28.1 Å². The molecule has 10 heteroatoms. The number of carbonyl (C=O) groups is 2. The summed E-state index contributed by atoms with van der Waals surface area (Å²) < 4.78 is 22.7. The number of benzene rings is 1. The van der Waals surface area contributed by atoms with Crippen LogP contribution in [-0.4, -0.2) is 37.7 Å². The van der Waals surface area contributed by atoms with Crippen LogP contribution < -0.4 is 5.32 Å². The summed E-state index contributed by atoms with van der Waals surface area (Å²) in [7, 11) is 0. The number of fused-ring (bicyclic) bond motifs is 5. The fourth-order valence-electron chi connectivity index (χ4n) is 6.58. The summed E-state index contributed by atoms with van der Waals surface area (Å²) in [4.78, 5) is 30.5. The molecule has 0 bridgehead atoms. The molecule has 1 fully saturated rings. The highest BCUT2D eigenvalue weighted by atomic mass is 32.1. The van der Waals surface area contributed by atoms with E-state index in [1.165, 1.54) is 6.07 Å². The zero-order valence-electron chi connectivity index (χ0n) is 21.6. The van der Waals surface area contributed by atoms with Crippen LogP contribution in [0.2, 0.25) is 0 Å². The summed E-state index contributed by atoms with van der Waals surface area (Å²) in [5.41, 5.74) is 4.04. The van der Waals surface area contributed by atoms with Gasteiger partial charge in [-0.2, -0.15) is 0 Å². The number of aliphatic hydroxyl groups is 2. The van der Waals surface area contributed by atoms with Crippen molar-refractivity contribution in [1.82, 2.24) is 14.9 Å². The Hall–Kier alpha value is -3.21. The molecule has 7 rings (SSSR count). The summed E-state index contributed by atoms with van der Waals surface area (Å²) in [6.45, 7) is 3.82. The lowest BCUT2D eigenvalue weighted by molar-refractivity contribution is -0.172. The molecule has 2 aliphatic carbocycles. The van der Waals surface area contributed by atoms with E-state index in [0.717, 1.165) is 34.9 Å². The second-order valence-electron chi connectivity index (χ2n) is 11.2. The average Bonchev–Trinajstić information content (AvgIpc) is 3.71. The van der Waals surface area contributed by atoms with Crippen molar-refractivity contribution in [2.45, 2.75) is 76.9 Å². The lowest BCUT2D eigenvalue weighted by atomic mass is 9.81. The van der Waals surface area contributed by atoms with Gasteiger partial charge in [-0.05, 0) is 67.7 Å². The summed E-state index contributed by atoms with van der Waals surface area (Å²) in [5.74, 6) is -1.45. The maximum atomic E-state index is 15.0. The maximum absolute atomic E-state index is 15.0. The highest BCUT2D eigenvalue weighted by Crippen LogP contribution is 2.47. The molecule has 3 N–H and O–H groups in total. The van der Waals surface area contributed by atoms with Gasteiger partial charge in [0.1, 0.15) is 23.2 Å². The van der Waals surface area contributed by atoms with Gasteiger partial charge in [0.15, 0.2) is 5.60 Å². The Bertz CT molecular complexity index is 1700. The standard InChI is InChI=1S/C29H28FN3O5S/c1-3-29(37)17-8-21-24-15(10-33(21)27(39)16(17)11-38-28(29)36)23-19(32-26(35)25(34)13-4-5-13)7-6-14-12(2)18(30)9-20(31-24)22(14)23/h8-9,13,19,25,34,37H,3-7,10-11H2,1-2H3,(H,32,35)/t19?,25?,29-/m0/s1. The van der Waals surface area contributed by atoms with Crippen molar-refractivity contribution in [3.63, 3.8) is 0 Å².